The summed E-state index contributed by atoms with van der Waals surface area (Å²) in [7, 11) is 0. The van der Waals surface area contributed by atoms with Gasteiger partial charge in [0, 0.05) is 5.56 Å². The fourth-order valence-electron chi connectivity index (χ4n) is 5.11. The van der Waals surface area contributed by atoms with Crippen molar-refractivity contribution in [2.75, 3.05) is 13.3 Å². The monoisotopic (exact) mass is 617 g/mol. The fourth-order valence-corrected chi connectivity index (χ4v) is 5.11. The fraction of sp³-hybridized carbons (Fsp3) is 0.371. The van der Waals surface area contributed by atoms with E-state index in [1.807, 2.05) is 44.2 Å². The molecule has 0 saturated heterocycles. The highest BCUT2D eigenvalue weighted by molar-refractivity contribution is 5.96. The first-order valence-electron chi connectivity index (χ1n) is 15.4. The number of amides is 3. The number of rotatable bonds is 19. The zero-order valence-corrected chi connectivity index (χ0v) is 26.2. The van der Waals surface area contributed by atoms with Crippen molar-refractivity contribution < 1.29 is 33.9 Å². The van der Waals surface area contributed by atoms with Crippen molar-refractivity contribution in [1.82, 2.24) is 15.7 Å². The largest absolute Gasteiger partial charge is 0.494 e. The number of carboxylic acids is 1. The molecule has 0 fully saturated rings. The lowest BCUT2D eigenvalue weighted by molar-refractivity contribution is -0.200. The molecule has 0 saturated carbocycles. The molecule has 0 spiro atoms. The average Bonchev–Trinajstić information content (AvgIpc) is 3.06. The number of aromatic carboxylic acids is 1. The van der Waals surface area contributed by atoms with Gasteiger partial charge in [-0.25, -0.2) is 9.86 Å². The maximum atomic E-state index is 13.4. The van der Waals surface area contributed by atoms with Crippen molar-refractivity contribution in [1.29, 1.82) is 0 Å². The molecule has 0 heterocycles. The van der Waals surface area contributed by atoms with Crippen molar-refractivity contribution >= 4 is 24.2 Å². The standard InChI is InChI=1S/C35H43N3O7/c1-4-7-9-17-31(32(5-2)38(24-39)45-22-25-13-10-8-11-14-25)34(41)37-23-36-33(40)27-16-12-15-26(18-27)28-19-29(35(42)43)21-30(20-28)44-6-3/h8,10-16,18-21,24,31-32H,4-7,9,17,22-23H2,1-3H3,(H,36,40)(H,37,41)(H,42,43)/t31-,32-/m1/s1. The smallest absolute Gasteiger partial charge is 0.335 e. The Hall–Kier alpha value is -4.70. The van der Waals surface area contributed by atoms with Gasteiger partial charge in [0.15, 0.2) is 0 Å². The normalized spacial score (nSPS) is 12.1. The zero-order chi connectivity index (χ0) is 32.6. The van der Waals surface area contributed by atoms with Crippen molar-refractivity contribution in [3.8, 4) is 16.9 Å². The van der Waals surface area contributed by atoms with Gasteiger partial charge in [-0.05, 0) is 66.8 Å². The molecule has 0 unspecified atom stereocenters. The summed E-state index contributed by atoms with van der Waals surface area (Å²) >= 11 is 0. The molecular formula is C35H43N3O7. The van der Waals surface area contributed by atoms with Crippen molar-refractivity contribution in [2.24, 2.45) is 5.92 Å². The molecule has 0 aliphatic heterocycles. The van der Waals surface area contributed by atoms with E-state index in [2.05, 4.69) is 17.6 Å². The van der Waals surface area contributed by atoms with Gasteiger partial charge in [-0.1, -0.05) is 75.6 Å². The molecule has 0 bridgehead atoms. The average molecular weight is 618 g/mol. The Balaban J connectivity index is 1.68. The molecule has 0 radical (unpaired) electrons. The number of ether oxygens (including phenoxy) is 1. The number of carbonyl (C=O) groups excluding carboxylic acids is 3. The van der Waals surface area contributed by atoms with Crippen LogP contribution in [-0.2, 0) is 21.0 Å². The van der Waals surface area contributed by atoms with Crippen LogP contribution < -0.4 is 15.4 Å². The van der Waals surface area contributed by atoms with Crippen LogP contribution in [0, 0.1) is 5.92 Å². The number of unbranched alkanes of at least 4 members (excludes halogenated alkanes) is 2. The minimum atomic E-state index is -1.08. The lowest BCUT2D eigenvalue weighted by Gasteiger charge is -2.32. The van der Waals surface area contributed by atoms with Gasteiger partial charge in [0.1, 0.15) is 12.4 Å². The van der Waals surface area contributed by atoms with Crippen LogP contribution in [0.4, 0.5) is 0 Å². The minimum Gasteiger partial charge on any atom is -0.494 e. The molecule has 10 heteroatoms. The molecule has 3 amide bonds. The first-order valence-corrected chi connectivity index (χ1v) is 15.4. The highest BCUT2D eigenvalue weighted by atomic mass is 16.7. The molecule has 3 aromatic rings. The number of carboxylic acid groups (broad SMARTS) is 1. The van der Waals surface area contributed by atoms with Gasteiger partial charge in [0.2, 0.25) is 12.3 Å². The maximum Gasteiger partial charge on any atom is 0.335 e. The lowest BCUT2D eigenvalue weighted by Crippen LogP contribution is -2.48. The van der Waals surface area contributed by atoms with Gasteiger partial charge < -0.3 is 20.5 Å². The van der Waals surface area contributed by atoms with E-state index in [1.165, 1.54) is 17.2 Å². The lowest BCUT2D eigenvalue weighted by atomic mass is 9.90. The van der Waals surface area contributed by atoms with Crippen LogP contribution in [0.1, 0.15) is 79.2 Å². The maximum absolute atomic E-state index is 13.4. The predicted molar refractivity (Wildman–Crippen MR) is 171 cm³/mol. The highest BCUT2D eigenvalue weighted by Crippen LogP contribution is 2.27. The number of benzene rings is 3. The second kappa shape index (κ2) is 18.2. The number of carbonyl (C=O) groups is 4. The van der Waals surface area contributed by atoms with E-state index in [1.54, 1.807) is 30.3 Å². The Morgan fingerprint density at radius 1 is 0.889 bits per heavy atom. The Bertz CT molecular complexity index is 1410. The topological polar surface area (TPSA) is 134 Å². The third-order valence-electron chi connectivity index (χ3n) is 7.43. The summed E-state index contributed by atoms with van der Waals surface area (Å²) in [4.78, 5) is 56.0. The van der Waals surface area contributed by atoms with Crippen LogP contribution in [0.2, 0.25) is 0 Å². The molecule has 3 N–H and O–H groups in total. The van der Waals surface area contributed by atoms with Crippen LogP contribution in [0.25, 0.3) is 11.1 Å². The minimum absolute atomic E-state index is 0.0750. The molecule has 2 atom stereocenters. The summed E-state index contributed by atoms with van der Waals surface area (Å²) in [5.41, 5.74) is 2.55. The predicted octanol–water partition coefficient (Wildman–Crippen LogP) is 5.82. The second-order valence-electron chi connectivity index (χ2n) is 10.6. The van der Waals surface area contributed by atoms with Gasteiger partial charge in [-0.2, -0.15) is 0 Å². The summed E-state index contributed by atoms with van der Waals surface area (Å²) in [5.74, 6) is -1.89. The SMILES string of the molecule is CCCCC[C@@H](C(=O)NCNC(=O)c1cccc(-c2cc(OCC)cc(C(=O)O)c2)c1)[C@@H](CC)N(C=O)OCc1ccccc1. The van der Waals surface area contributed by atoms with E-state index >= 15 is 0 Å². The van der Waals surface area contributed by atoms with Gasteiger partial charge >= 0.3 is 5.97 Å². The third kappa shape index (κ3) is 10.5. The highest BCUT2D eigenvalue weighted by Gasteiger charge is 2.32. The second-order valence-corrected chi connectivity index (χ2v) is 10.6. The Kier molecular flexibility index (Phi) is 14.1. The first kappa shape index (κ1) is 34.8. The van der Waals surface area contributed by atoms with Crippen molar-refractivity contribution in [3.05, 3.63) is 89.5 Å². The summed E-state index contributed by atoms with van der Waals surface area (Å²) in [5, 5.41) is 16.3. The van der Waals surface area contributed by atoms with E-state index in [-0.39, 0.29) is 24.7 Å². The zero-order valence-electron chi connectivity index (χ0n) is 26.2. The quantitative estimate of drug-likeness (QED) is 0.0668. The Morgan fingerprint density at radius 3 is 2.31 bits per heavy atom. The number of hydrogen-bond donors (Lipinski definition) is 3. The molecule has 3 rings (SSSR count). The van der Waals surface area contributed by atoms with Gasteiger partial charge in [0.25, 0.3) is 5.91 Å². The van der Waals surface area contributed by atoms with Crippen molar-refractivity contribution in [3.63, 3.8) is 0 Å². The summed E-state index contributed by atoms with van der Waals surface area (Å²) < 4.78 is 5.53. The van der Waals surface area contributed by atoms with E-state index in [4.69, 9.17) is 9.57 Å². The van der Waals surface area contributed by atoms with Gasteiger partial charge in [0.05, 0.1) is 30.8 Å². The molecule has 0 aromatic heterocycles. The van der Waals surface area contributed by atoms with Gasteiger partial charge in [-0.15, -0.1) is 0 Å². The van der Waals surface area contributed by atoms with Crippen LogP contribution in [0.3, 0.4) is 0 Å². The third-order valence-corrected chi connectivity index (χ3v) is 7.43. The number of nitrogens with one attached hydrogen (secondary N) is 2. The van der Waals surface area contributed by atoms with E-state index in [9.17, 15) is 24.3 Å². The van der Waals surface area contributed by atoms with Crippen molar-refractivity contribution in [2.45, 2.75) is 65.5 Å². The summed E-state index contributed by atoms with van der Waals surface area (Å²) in [6.07, 6.45) is 4.42. The summed E-state index contributed by atoms with van der Waals surface area (Å²) in [6.45, 7) is 6.26. The van der Waals surface area contributed by atoms with Crippen LogP contribution in [0.5, 0.6) is 5.75 Å². The molecule has 10 nitrogen and oxygen atoms in total. The van der Waals surface area contributed by atoms with Gasteiger partial charge in [-0.3, -0.25) is 19.2 Å². The van der Waals surface area contributed by atoms with E-state index < -0.39 is 23.8 Å². The molecule has 240 valence electrons. The molecular weight excluding hydrogens is 574 g/mol. The van der Waals surface area contributed by atoms with Crippen LogP contribution >= 0.6 is 0 Å². The molecule has 0 aliphatic rings. The van der Waals surface area contributed by atoms with E-state index in [0.717, 1.165) is 24.8 Å². The summed E-state index contributed by atoms with van der Waals surface area (Å²) in [6, 6.07) is 20.5. The Labute approximate surface area is 264 Å². The first-order chi connectivity index (χ1) is 21.8. The molecule has 0 aliphatic carbocycles. The Morgan fingerprint density at radius 2 is 1.64 bits per heavy atom. The number of hydroxylamine groups is 2. The van der Waals surface area contributed by atoms with Crippen LogP contribution in [-0.4, -0.2) is 53.7 Å². The number of nitrogens with zero attached hydrogens (tertiary/aromatic N) is 1. The molecule has 45 heavy (non-hydrogen) atoms. The van der Waals surface area contributed by atoms with E-state index in [0.29, 0.717) is 48.3 Å². The van der Waals surface area contributed by atoms with Crippen LogP contribution in [0.15, 0.2) is 72.8 Å². The number of hydrogen-bond acceptors (Lipinski definition) is 6. The molecule has 3 aromatic carbocycles.